The number of carbonyl (C=O) groups excluding carboxylic acids is 2. The van der Waals surface area contributed by atoms with Gasteiger partial charge >= 0.3 is 0 Å². The standard InChI is InChI=1S/C27H23ClFNO5/c1-3-13-35-20-6-4-5-17(14-20)25(31)23-24(16-7-9-18(29)10-8-16)30(27(33)26(23)32)19-11-12-22(34-2)21(28)15-19/h4-12,14-15,24,31H,3,13H2,1-2H3/b25-23+. The van der Waals surface area contributed by atoms with Gasteiger partial charge in [0.05, 0.1) is 30.4 Å². The number of aliphatic hydroxyl groups excluding tert-OH is 1. The summed E-state index contributed by atoms with van der Waals surface area (Å²) in [5.41, 5.74) is 0.960. The average Bonchev–Trinajstić information content (AvgIpc) is 3.13. The molecule has 0 aliphatic carbocycles. The number of ketones is 1. The molecule has 0 spiro atoms. The predicted octanol–water partition coefficient (Wildman–Crippen LogP) is 5.90. The minimum absolute atomic E-state index is 0.124. The van der Waals surface area contributed by atoms with Crippen LogP contribution in [0.1, 0.15) is 30.5 Å². The molecular formula is C27H23ClFNO5. The molecule has 0 radical (unpaired) electrons. The van der Waals surface area contributed by atoms with E-state index < -0.39 is 23.5 Å². The number of Topliss-reactive ketones (excluding diaryl/α,β-unsaturated/α-hetero) is 1. The van der Waals surface area contributed by atoms with E-state index in [0.29, 0.717) is 34.9 Å². The topological polar surface area (TPSA) is 76.1 Å². The average molecular weight is 496 g/mol. The van der Waals surface area contributed by atoms with Crippen LogP contribution in [0.3, 0.4) is 0 Å². The van der Waals surface area contributed by atoms with E-state index in [1.54, 1.807) is 36.4 Å². The van der Waals surface area contributed by atoms with Gasteiger partial charge in [0.15, 0.2) is 0 Å². The van der Waals surface area contributed by atoms with Crippen molar-refractivity contribution >= 4 is 34.7 Å². The van der Waals surface area contributed by atoms with Crippen molar-refractivity contribution in [1.29, 1.82) is 0 Å². The van der Waals surface area contributed by atoms with E-state index >= 15 is 0 Å². The number of ether oxygens (including phenoxy) is 2. The van der Waals surface area contributed by atoms with Crippen LogP contribution in [0.15, 0.2) is 72.3 Å². The molecule has 1 heterocycles. The number of aliphatic hydroxyl groups is 1. The SMILES string of the molecule is CCCOc1cccc(/C(O)=C2\C(=O)C(=O)N(c3ccc(OC)c(Cl)c3)C2c2ccc(F)cc2)c1. The Morgan fingerprint density at radius 3 is 2.49 bits per heavy atom. The number of hydrogen-bond donors (Lipinski definition) is 1. The van der Waals surface area contributed by atoms with E-state index in [1.165, 1.54) is 42.3 Å². The van der Waals surface area contributed by atoms with Crippen LogP contribution in [-0.4, -0.2) is 30.5 Å². The largest absolute Gasteiger partial charge is 0.507 e. The van der Waals surface area contributed by atoms with Crippen molar-refractivity contribution in [3.63, 3.8) is 0 Å². The van der Waals surface area contributed by atoms with Crippen LogP contribution in [0.25, 0.3) is 5.76 Å². The summed E-state index contributed by atoms with van der Waals surface area (Å²) in [6.07, 6.45) is 0.802. The molecule has 0 aromatic heterocycles. The van der Waals surface area contributed by atoms with Crippen LogP contribution in [0, 0.1) is 5.82 Å². The van der Waals surface area contributed by atoms with Gasteiger partial charge in [-0.25, -0.2) is 4.39 Å². The first-order valence-corrected chi connectivity index (χ1v) is 11.4. The molecule has 1 saturated heterocycles. The highest BCUT2D eigenvalue weighted by atomic mass is 35.5. The molecule has 1 amide bonds. The Kier molecular flexibility index (Phi) is 7.07. The van der Waals surface area contributed by atoms with E-state index in [4.69, 9.17) is 21.1 Å². The van der Waals surface area contributed by atoms with E-state index in [-0.39, 0.29) is 16.4 Å². The Bertz CT molecular complexity index is 1310. The number of rotatable bonds is 7. The molecule has 0 bridgehead atoms. The quantitative estimate of drug-likeness (QED) is 0.251. The monoisotopic (exact) mass is 495 g/mol. The maximum absolute atomic E-state index is 13.7. The fourth-order valence-electron chi connectivity index (χ4n) is 3.97. The summed E-state index contributed by atoms with van der Waals surface area (Å²) in [6.45, 7) is 2.46. The molecule has 1 N–H and O–H groups in total. The second kappa shape index (κ2) is 10.2. The van der Waals surface area contributed by atoms with Crippen LogP contribution >= 0.6 is 11.6 Å². The van der Waals surface area contributed by atoms with Crippen LogP contribution in [0.5, 0.6) is 11.5 Å². The zero-order valence-electron chi connectivity index (χ0n) is 19.1. The first-order valence-electron chi connectivity index (χ1n) is 11.0. The van der Waals surface area contributed by atoms with Gasteiger partial charge in [0, 0.05) is 11.3 Å². The third-order valence-electron chi connectivity index (χ3n) is 5.62. The van der Waals surface area contributed by atoms with Crippen molar-refractivity contribution < 1.29 is 28.6 Å². The van der Waals surface area contributed by atoms with Gasteiger partial charge in [-0.3, -0.25) is 14.5 Å². The summed E-state index contributed by atoms with van der Waals surface area (Å²) >= 11 is 6.29. The number of anilines is 1. The normalized spacial score (nSPS) is 17.0. The third-order valence-corrected chi connectivity index (χ3v) is 5.92. The lowest BCUT2D eigenvalue weighted by atomic mass is 9.95. The minimum atomic E-state index is -1.01. The van der Waals surface area contributed by atoms with Crippen molar-refractivity contribution in [1.82, 2.24) is 0 Å². The number of nitrogens with zero attached hydrogens (tertiary/aromatic N) is 1. The summed E-state index contributed by atoms with van der Waals surface area (Å²) in [4.78, 5) is 27.7. The lowest BCUT2D eigenvalue weighted by Gasteiger charge is -2.26. The second-order valence-electron chi connectivity index (χ2n) is 7.92. The molecule has 3 aromatic rings. The highest BCUT2D eigenvalue weighted by Crippen LogP contribution is 2.43. The zero-order valence-corrected chi connectivity index (χ0v) is 19.9. The fourth-order valence-corrected chi connectivity index (χ4v) is 4.22. The summed E-state index contributed by atoms with van der Waals surface area (Å²) in [5.74, 6) is -1.63. The Hall–Kier alpha value is -3.84. The highest BCUT2D eigenvalue weighted by Gasteiger charge is 2.47. The van der Waals surface area contributed by atoms with Crippen molar-refractivity contribution in [2.45, 2.75) is 19.4 Å². The Balaban J connectivity index is 1.89. The molecule has 1 aliphatic heterocycles. The maximum atomic E-state index is 13.7. The molecule has 1 aliphatic rings. The fraction of sp³-hybridized carbons (Fsp3) is 0.185. The Morgan fingerprint density at radius 1 is 1.09 bits per heavy atom. The lowest BCUT2D eigenvalue weighted by Crippen LogP contribution is -2.29. The molecule has 180 valence electrons. The van der Waals surface area contributed by atoms with Gasteiger partial charge in [-0.1, -0.05) is 42.8 Å². The molecular weight excluding hydrogens is 473 g/mol. The molecule has 6 nitrogen and oxygen atoms in total. The van der Waals surface area contributed by atoms with Crippen LogP contribution in [0.4, 0.5) is 10.1 Å². The summed E-state index contributed by atoms with van der Waals surface area (Å²) in [7, 11) is 1.46. The van der Waals surface area contributed by atoms with Crippen molar-refractivity contribution in [3.8, 4) is 11.5 Å². The van der Waals surface area contributed by atoms with E-state index in [9.17, 15) is 19.1 Å². The first kappa shape index (κ1) is 24.3. The van der Waals surface area contributed by atoms with Gasteiger partial charge in [0.2, 0.25) is 0 Å². The molecule has 1 atom stereocenters. The van der Waals surface area contributed by atoms with Crippen LogP contribution < -0.4 is 14.4 Å². The molecule has 1 unspecified atom stereocenters. The number of halogens is 2. The summed E-state index contributed by atoms with van der Waals surface area (Å²) in [6, 6.07) is 15.7. The highest BCUT2D eigenvalue weighted by molar-refractivity contribution is 6.51. The molecule has 35 heavy (non-hydrogen) atoms. The van der Waals surface area contributed by atoms with Gasteiger partial charge in [0.1, 0.15) is 23.1 Å². The molecule has 0 saturated carbocycles. The number of methoxy groups -OCH3 is 1. The molecule has 3 aromatic carbocycles. The van der Waals surface area contributed by atoms with Gasteiger partial charge in [0.25, 0.3) is 11.7 Å². The van der Waals surface area contributed by atoms with Crippen molar-refractivity contribution in [2.75, 3.05) is 18.6 Å². The lowest BCUT2D eigenvalue weighted by molar-refractivity contribution is -0.132. The van der Waals surface area contributed by atoms with Gasteiger partial charge in [-0.05, 0) is 54.4 Å². The van der Waals surface area contributed by atoms with Gasteiger partial charge in [-0.2, -0.15) is 0 Å². The number of hydrogen-bond acceptors (Lipinski definition) is 5. The summed E-state index contributed by atoms with van der Waals surface area (Å²) < 4.78 is 24.5. The smallest absolute Gasteiger partial charge is 0.300 e. The van der Waals surface area contributed by atoms with Gasteiger partial charge < -0.3 is 14.6 Å². The van der Waals surface area contributed by atoms with E-state index in [0.717, 1.165) is 6.42 Å². The number of amides is 1. The third kappa shape index (κ3) is 4.72. The van der Waals surface area contributed by atoms with Crippen molar-refractivity contribution in [3.05, 3.63) is 94.3 Å². The Morgan fingerprint density at radius 2 is 1.83 bits per heavy atom. The number of carbonyl (C=O) groups is 2. The zero-order chi connectivity index (χ0) is 25.1. The first-order chi connectivity index (χ1) is 16.8. The molecule has 1 fully saturated rings. The number of benzene rings is 3. The molecule has 4 rings (SSSR count). The van der Waals surface area contributed by atoms with Crippen molar-refractivity contribution in [2.24, 2.45) is 0 Å². The van der Waals surface area contributed by atoms with Crippen LogP contribution in [-0.2, 0) is 9.59 Å². The summed E-state index contributed by atoms with van der Waals surface area (Å²) in [5, 5.41) is 11.5. The second-order valence-corrected chi connectivity index (χ2v) is 8.32. The Labute approximate surface area is 207 Å². The molecule has 8 heteroatoms. The van der Waals surface area contributed by atoms with E-state index in [2.05, 4.69) is 0 Å². The van der Waals surface area contributed by atoms with Gasteiger partial charge in [-0.15, -0.1) is 0 Å². The predicted molar refractivity (Wildman–Crippen MR) is 131 cm³/mol. The minimum Gasteiger partial charge on any atom is -0.507 e. The van der Waals surface area contributed by atoms with E-state index in [1.807, 2.05) is 6.92 Å². The van der Waals surface area contributed by atoms with Crippen LogP contribution in [0.2, 0.25) is 5.02 Å². The maximum Gasteiger partial charge on any atom is 0.300 e.